The maximum Gasteiger partial charge on any atom is 0.341 e. The average Bonchev–Trinajstić information content (AvgIpc) is 3.03. The quantitative estimate of drug-likeness (QED) is 0.511. The van der Waals surface area contributed by atoms with Gasteiger partial charge in [0.1, 0.15) is 0 Å². The number of benzene rings is 2. The number of fused-ring (bicyclic) bond motifs is 1. The van der Waals surface area contributed by atoms with Gasteiger partial charge < -0.3 is 9.88 Å². The number of nitrogens with one attached hydrogen (secondary N) is 1. The van der Waals surface area contributed by atoms with Gasteiger partial charge in [0.05, 0.1) is 27.4 Å². The van der Waals surface area contributed by atoms with Crippen LogP contribution < -0.4 is 5.32 Å². The number of imidazole rings is 1. The Morgan fingerprint density at radius 3 is 2.50 bits per heavy atom. The normalized spacial score (nSPS) is 12.1. The predicted molar refractivity (Wildman–Crippen MR) is 114 cm³/mol. The van der Waals surface area contributed by atoms with Crippen LogP contribution in [0.1, 0.15) is 13.8 Å². The van der Waals surface area contributed by atoms with Crippen LogP contribution in [0, 0.1) is 5.92 Å². The van der Waals surface area contributed by atoms with E-state index in [0.29, 0.717) is 11.1 Å². The van der Waals surface area contributed by atoms with Crippen LogP contribution in [-0.4, -0.2) is 35.4 Å². The van der Waals surface area contributed by atoms with Crippen LogP contribution in [0.15, 0.2) is 58.6 Å². The van der Waals surface area contributed by atoms with Crippen LogP contribution in [0.3, 0.4) is 0 Å². The number of carbonyl (C=O) groups excluding carboxylic acids is 1. The first-order valence-corrected chi connectivity index (χ1v) is 11.7. The fourth-order valence-corrected chi connectivity index (χ4v) is 4.65. The van der Waals surface area contributed by atoms with Gasteiger partial charge in [-0.1, -0.05) is 49.9 Å². The Bertz CT molecular complexity index is 1160. The predicted octanol–water partition coefficient (Wildman–Crippen LogP) is 4.42. The molecule has 6 nitrogen and oxygen atoms in total. The molecular formula is C20H21F2N3O3S2. The van der Waals surface area contributed by atoms with E-state index in [0.717, 1.165) is 23.6 Å². The van der Waals surface area contributed by atoms with E-state index in [-0.39, 0.29) is 11.4 Å². The molecule has 1 aromatic heterocycles. The Morgan fingerprint density at radius 1 is 1.13 bits per heavy atom. The number of hydrogen-bond acceptors (Lipinski definition) is 5. The van der Waals surface area contributed by atoms with Crippen molar-refractivity contribution in [3.63, 3.8) is 0 Å². The van der Waals surface area contributed by atoms with Crippen molar-refractivity contribution >= 4 is 44.2 Å². The molecule has 0 radical (unpaired) electrons. The SMILES string of the molecule is CC(C)Cn1c(SCC(=O)Nc2ccccc2S(=O)(=O)C(F)F)nc2ccccc21. The number of rotatable bonds is 8. The fraction of sp³-hybridized carbons (Fsp3) is 0.300. The number of thioether (sulfide) groups is 1. The lowest BCUT2D eigenvalue weighted by molar-refractivity contribution is -0.113. The zero-order chi connectivity index (χ0) is 21.9. The Kier molecular flexibility index (Phi) is 6.77. The Labute approximate surface area is 177 Å². The number of alkyl halides is 2. The van der Waals surface area contributed by atoms with Gasteiger partial charge in [0, 0.05) is 6.54 Å². The van der Waals surface area contributed by atoms with Crippen molar-refractivity contribution in [2.24, 2.45) is 5.92 Å². The van der Waals surface area contributed by atoms with E-state index in [1.165, 1.54) is 30.0 Å². The first kappa shape index (κ1) is 22.2. The standard InChI is InChI=1S/C20H21F2N3O3S2/c1-13(2)11-25-16-9-5-3-7-14(16)24-20(25)29-12-18(26)23-15-8-4-6-10-17(15)30(27,28)19(21)22/h3-10,13,19H,11-12H2,1-2H3,(H,23,26). The molecule has 1 heterocycles. The molecule has 0 spiro atoms. The first-order valence-electron chi connectivity index (χ1n) is 9.19. The number of sulfone groups is 1. The zero-order valence-electron chi connectivity index (χ0n) is 16.4. The van der Waals surface area contributed by atoms with E-state index in [1.54, 1.807) is 0 Å². The smallest absolute Gasteiger partial charge is 0.324 e. The summed E-state index contributed by atoms with van der Waals surface area (Å²) in [5.74, 6) is -3.77. The summed E-state index contributed by atoms with van der Waals surface area (Å²) >= 11 is 1.20. The second-order valence-electron chi connectivity index (χ2n) is 7.03. The number of aromatic nitrogens is 2. The van der Waals surface area contributed by atoms with E-state index in [9.17, 15) is 22.0 Å². The highest BCUT2D eigenvalue weighted by molar-refractivity contribution is 7.99. The van der Waals surface area contributed by atoms with Gasteiger partial charge in [-0.2, -0.15) is 8.78 Å². The monoisotopic (exact) mass is 453 g/mol. The summed E-state index contributed by atoms with van der Waals surface area (Å²) in [6.45, 7) is 4.88. The molecule has 2 aromatic carbocycles. The van der Waals surface area contributed by atoms with Crippen LogP contribution in [0.2, 0.25) is 0 Å². The summed E-state index contributed by atoms with van der Waals surface area (Å²) < 4.78 is 51.6. The van der Waals surface area contributed by atoms with Gasteiger partial charge in [0.15, 0.2) is 5.16 Å². The highest BCUT2D eigenvalue weighted by Crippen LogP contribution is 2.28. The molecule has 0 bridgehead atoms. The molecule has 0 fully saturated rings. The summed E-state index contributed by atoms with van der Waals surface area (Å²) in [5.41, 5.74) is 1.61. The minimum Gasteiger partial charge on any atom is -0.324 e. The summed E-state index contributed by atoms with van der Waals surface area (Å²) in [7, 11) is -4.83. The summed E-state index contributed by atoms with van der Waals surface area (Å²) in [5, 5.41) is 3.09. The van der Waals surface area contributed by atoms with Crippen molar-refractivity contribution in [1.82, 2.24) is 9.55 Å². The van der Waals surface area contributed by atoms with Crippen LogP contribution in [-0.2, 0) is 21.2 Å². The number of hydrogen-bond donors (Lipinski definition) is 1. The van der Waals surface area contributed by atoms with E-state index in [4.69, 9.17) is 0 Å². The number of amides is 1. The van der Waals surface area contributed by atoms with E-state index >= 15 is 0 Å². The number of halogens is 2. The number of nitrogens with zero attached hydrogens (tertiary/aromatic N) is 2. The third-order valence-electron chi connectivity index (χ3n) is 4.20. The lowest BCUT2D eigenvalue weighted by Gasteiger charge is -2.12. The van der Waals surface area contributed by atoms with Crippen molar-refractivity contribution in [2.75, 3.05) is 11.1 Å². The van der Waals surface area contributed by atoms with Gasteiger partial charge in [-0.25, -0.2) is 13.4 Å². The van der Waals surface area contributed by atoms with Gasteiger partial charge in [-0.3, -0.25) is 4.79 Å². The van der Waals surface area contributed by atoms with Crippen LogP contribution >= 0.6 is 11.8 Å². The number of anilines is 1. The summed E-state index contributed by atoms with van der Waals surface area (Å²) in [6, 6.07) is 12.8. The third kappa shape index (κ3) is 4.81. The van der Waals surface area contributed by atoms with E-state index < -0.39 is 26.4 Å². The fourth-order valence-electron chi connectivity index (χ4n) is 2.94. The van der Waals surface area contributed by atoms with Crippen LogP contribution in [0.5, 0.6) is 0 Å². The molecule has 160 valence electrons. The zero-order valence-corrected chi connectivity index (χ0v) is 18.0. The maximum absolute atomic E-state index is 12.9. The molecule has 0 saturated heterocycles. The van der Waals surface area contributed by atoms with E-state index in [2.05, 4.69) is 24.1 Å². The Balaban J connectivity index is 1.78. The van der Waals surface area contributed by atoms with Gasteiger partial charge in [-0.05, 0) is 30.2 Å². The lowest BCUT2D eigenvalue weighted by atomic mass is 10.2. The minimum absolute atomic E-state index is 0.0511. The second kappa shape index (κ2) is 9.13. The summed E-state index contributed by atoms with van der Waals surface area (Å²) in [4.78, 5) is 16.4. The number of carbonyl (C=O) groups is 1. The largest absolute Gasteiger partial charge is 0.341 e. The number of para-hydroxylation sites is 3. The molecule has 0 atom stereocenters. The van der Waals surface area contributed by atoms with E-state index in [1.807, 2.05) is 28.8 Å². The molecule has 0 aliphatic rings. The van der Waals surface area contributed by atoms with Gasteiger partial charge >= 0.3 is 5.76 Å². The highest BCUT2D eigenvalue weighted by atomic mass is 32.2. The lowest BCUT2D eigenvalue weighted by Crippen LogP contribution is -2.19. The topological polar surface area (TPSA) is 81.1 Å². The molecule has 0 aliphatic carbocycles. The third-order valence-corrected chi connectivity index (χ3v) is 6.62. The molecule has 0 aliphatic heterocycles. The second-order valence-corrected chi connectivity index (χ2v) is 9.85. The van der Waals surface area contributed by atoms with Crippen LogP contribution in [0.25, 0.3) is 11.0 Å². The van der Waals surface area contributed by atoms with Crippen molar-refractivity contribution in [2.45, 2.75) is 36.2 Å². The molecule has 1 amide bonds. The van der Waals surface area contributed by atoms with Crippen molar-refractivity contribution in [3.8, 4) is 0 Å². The molecule has 1 N–H and O–H groups in total. The van der Waals surface area contributed by atoms with Gasteiger partial charge in [0.2, 0.25) is 15.7 Å². The molecule has 3 rings (SSSR count). The Hall–Kier alpha value is -2.46. The van der Waals surface area contributed by atoms with Gasteiger partial charge in [-0.15, -0.1) is 0 Å². The highest BCUT2D eigenvalue weighted by Gasteiger charge is 2.29. The molecule has 0 saturated carbocycles. The van der Waals surface area contributed by atoms with Crippen molar-refractivity contribution in [1.29, 1.82) is 0 Å². The average molecular weight is 454 g/mol. The first-order chi connectivity index (χ1) is 14.2. The van der Waals surface area contributed by atoms with Gasteiger partial charge in [0.25, 0.3) is 0 Å². The molecule has 0 unspecified atom stereocenters. The Morgan fingerprint density at radius 2 is 1.80 bits per heavy atom. The van der Waals surface area contributed by atoms with Crippen LogP contribution in [0.4, 0.5) is 14.5 Å². The molecule has 10 heteroatoms. The minimum atomic E-state index is -4.83. The maximum atomic E-state index is 12.9. The summed E-state index contributed by atoms with van der Waals surface area (Å²) in [6.07, 6.45) is 0. The molecule has 3 aromatic rings. The molecular weight excluding hydrogens is 432 g/mol. The van der Waals surface area contributed by atoms with Crippen molar-refractivity contribution < 1.29 is 22.0 Å². The molecule has 30 heavy (non-hydrogen) atoms. The van der Waals surface area contributed by atoms with Crippen molar-refractivity contribution in [3.05, 3.63) is 48.5 Å².